The first-order valence-electron chi connectivity index (χ1n) is 9.03. The molecule has 0 saturated carbocycles. The summed E-state index contributed by atoms with van der Waals surface area (Å²) in [7, 11) is 1.65. The molecule has 1 aliphatic heterocycles. The Morgan fingerprint density at radius 3 is 2.46 bits per heavy atom. The van der Waals surface area contributed by atoms with Crippen molar-refractivity contribution in [1.29, 1.82) is 0 Å². The van der Waals surface area contributed by atoms with Crippen LogP contribution in [-0.2, 0) is 0 Å². The SMILES string of the molecule is COc1ccc(C2CCCN2c2cnn(-c3ccc(Cl)cc3)c(=O)c2Cl)cc1. The van der Waals surface area contributed by atoms with Crippen LogP contribution in [-0.4, -0.2) is 23.4 Å². The van der Waals surface area contributed by atoms with Crippen LogP contribution in [0, 0.1) is 0 Å². The molecule has 0 radical (unpaired) electrons. The Bertz CT molecular complexity index is 1030. The highest BCUT2D eigenvalue weighted by atomic mass is 35.5. The number of anilines is 1. The first-order chi connectivity index (χ1) is 13.6. The highest BCUT2D eigenvalue weighted by Crippen LogP contribution is 2.38. The van der Waals surface area contributed by atoms with Crippen LogP contribution in [0.15, 0.2) is 59.5 Å². The van der Waals surface area contributed by atoms with Gasteiger partial charge < -0.3 is 9.64 Å². The van der Waals surface area contributed by atoms with E-state index >= 15 is 0 Å². The van der Waals surface area contributed by atoms with Gasteiger partial charge in [-0.1, -0.05) is 35.3 Å². The van der Waals surface area contributed by atoms with Gasteiger partial charge in [-0.3, -0.25) is 4.79 Å². The van der Waals surface area contributed by atoms with Crippen molar-refractivity contribution < 1.29 is 4.74 Å². The lowest BCUT2D eigenvalue weighted by atomic mass is 10.0. The van der Waals surface area contributed by atoms with Crippen molar-refractivity contribution in [3.05, 3.63) is 80.7 Å². The Morgan fingerprint density at radius 1 is 1.07 bits per heavy atom. The Balaban J connectivity index is 1.69. The number of rotatable bonds is 4. The van der Waals surface area contributed by atoms with Gasteiger partial charge in [0, 0.05) is 11.6 Å². The van der Waals surface area contributed by atoms with E-state index in [9.17, 15) is 4.79 Å². The summed E-state index contributed by atoms with van der Waals surface area (Å²) in [5, 5.41) is 5.12. The van der Waals surface area contributed by atoms with E-state index < -0.39 is 0 Å². The predicted molar refractivity (Wildman–Crippen MR) is 112 cm³/mol. The highest BCUT2D eigenvalue weighted by Gasteiger charge is 2.29. The normalized spacial score (nSPS) is 16.4. The molecule has 0 bridgehead atoms. The van der Waals surface area contributed by atoms with Crippen LogP contribution in [0.5, 0.6) is 5.75 Å². The lowest BCUT2D eigenvalue weighted by Crippen LogP contribution is -2.28. The fourth-order valence-corrected chi connectivity index (χ4v) is 3.98. The molecule has 0 N–H and O–H groups in total. The minimum absolute atomic E-state index is 0.149. The summed E-state index contributed by atoms with van der Waals surface area (Å²) in [6.45, 7) is 0.822. The molecule has 1 aliphatic rings. The van der Waals surface area contributed by atoms with Gasteiger partial charge in [-0.15, -0.1) is 0 Å². The van der Waals surface area contributed by atoms with Gasteiger partial charge in [0.25, 0.3) is 5.56 Å². The number of hydrogen-bond donors (Lipinski definition) is 0. The van der Waals surface area contributed by atoms with Crippen LogP contribution >= 0.6 is 23.2 Å². The summed E-state index contributed by atoms with van der Waals surface area (Å²) in [5.74, 6) is 0.818. The van der Waals surface area contributed by atoms with Crippen molar-refractivity contribution in [2.45, 2.75) is 18.9 Å². The first-order valence-corrected chi connectivity index (χ1v) is 9.78. The second kappa shape index (κ2) is 7.86. The van der Waals surface area contributed by atoms with E-state index in [-0.39, 0.29) is 16.6 Å². The van der Waals surface area contributed by atoms with E-state index in [1.54, 1.807) is 37.6 Å². The first kappa shape index (κ1) is 18.8. The van der Waals surface area contributed by atoms with E-state index in [0.717, 1.165) is 30.7 Å². The minimum Gasteiger partial charge on any atom is -0.497 e. The van der Waals surface area contributed by atoms with E-state index in [2.05, 4.69) is 22.1 Å². The summed E-state index contributed by atoms with van der Waals surface area (Å²) in [5.41, 5.74) is 2.10. The third-order valence-corrected chi connectivity index (χ3v) is 5.64. The topological polar surface area (TPSA) is 47.4 Å². The Morgan fingerprint density at radius 2 is 1.79 bits per heavy atom. The van der Waals surface area contributed by atoms with Gasteiger partial charge in [-0.05, 0) is 54.8 Å². The monoisotopic (exact) mass is 415 g/mol. The van der Waals surface area contributed by atoms with E-state index in [0.29, 0.717) is 16.4 Å². The predicted octanol–water partition coefficient (Wildman–Crippen LogP) is 4.89. The second-order valence-corrected chi connectivity index (χ2v) is 7.48. The van der Waals surface area contributed by atoms with E-state index in [1.807, 2.05) is 12.1 Å². The van der Waals surface area contributed by atoms with Gasteiger partial charge in [0.05, 0.1) is 30.7 Å². The number of hydrogen-bond acceptors (Lipinski definition) is 4. The van der Waals surface area contributed by atoms with Crippen molar-refractivity contribution in [2.75, 3.05) is 18.6 Å². The Hall–Kier alpha value is -2.50. The summed E-state index contributed by atoms with van der Waals surface area (Å²) in [4.78, 5) is 15.0. The smallest absolute Gasteiger partial charge is 0.292 e. The van der Waals surface area contributed by atoms with Gasteiger partial charge in [0.2, 0.25) is 0 Å². The van der Waals surface area contributed by atoms with E-state index in [4.69, 9.17) is 27.9 Å². The van der Waals surface area contributed by atoms with Gasteiger partial charge in [0.1, 0.15) is 10.8 Å². The van der Waals surface area contributed by atoms with Crippen molar-refractivity contribution in [3.8, 4) is 11.4 Å². The van der Waals surface area contributed by atoms with Crippen molar-refractivity contribution in [2.24, 2.45) is 0 Å². The van der Waals surface area contributed by atoms with Gasteiger partial charge in [-0.25, -0.2) is 0 Å². The molecule has 1 unspecified atom stereocenters. The molecule has 1 saturated heterocycles. The van der Waals surface area contributed by atoms with Gasteiger partial charge in [0.15, 0.2) is 0 Å². The summed E-state index contributed by atoms with van der Waals surface area (Å²) < 4.78 is 6.54. The number of aromatic nitrogens is 2. The quantitative estimate of drug-likeness (QED) is 0.608. The summed E-state index contributed by atoms with van der Waals surface area (Å²) in [6.07, 6.45) is 3.68. The van der Waals surface area contributed by atoms with Gasteiger partial charge in [-0.2, -0.15) is 9.78 Å². The minimum atomic E-state index is -0.345. The third-order valence-electron chi connectivity index (χ3n) is 5.03. The summed E-state index contributed by atoms with van der Waals surface area (Å²) >= 11 is 12.4. The number of methoxy groups -OCH3 is 1. The van der Waals surface area contributed by atoms with Crippen LogP contribution in [0.4, 0.5) is 5.69 Å². The molecule has 4 rings (SSSR count). The van der Waals surface area contributed by atoms with Crippen molar-refractivity contribution >= 4 is 28.9 Å². The zero-order valence-corrected chi connectivity index (χ0v) is 16.8. The fourth-order valence-electron chi connectivity index (χ4n) is 3.62. The lowest BCUT2D eigenvalue weighted by Gasteiger charge is -2.27. The van der Waals surface area contributed by atoms with Crippen LogP contribution in [0.1, 0.15) is 24.4 Å². The Kier molecular flexibility index (Phi) is 5.29. The molecule has 1 fully saturated rings. The molecule has 1 aromatic heterocycles. The zero-order valence-electron chi connectivity index (χ0n) is 15.3. The summed E-state index contributed by atoms with van der Waals surface area (Å²) in [6, 6.07) is 15.1. The molecule has 7 heteroatoms. The fraction of sp³-hybridized carbons (Fsp3) is 0.238. The molecule has 0 aliphatic carbocycles. The Labute approximate surface area is 173 Å². The maximum atomic E-state index is 12.9. The molecular weight excluding hydrogens is 397 g/mol. The highest BCUT2D eigenvalue weighted by molar-refractivity contribution is 6.33. The molecule has 2 heterocycles. The number of nitrogens with zero attached hydrogens (tertiary/aromatic N) is 3. The second-order valence-electron chi connectivity index (χ2n) is 6.66. The molecule has 2 aromatic carbocycles. The molecule has 28 heavy (non-hydrogen) atoms. The van der Waals surface area contributed by atoms with Crippen molar-refractivity contribution in [1.82, 2.24) is 9.78 Å². The number of halogens is 2. The molecule has 5 nitrogen and oxygen atoms in total. The average Bonchev–Trinajstić information content (AvgIpc) is 3.20. The third kappa shape index (κ3) is 3.48. The van der Waals surface area contributed by atoms with Crippen LogP contribution < -0.4 is 15.2 Å². The average molecular weight is 416 g/mol. The largest absolute Gasteiger partial charge is 0.497 e. The molecule has 0 amide bonds. The standard InChI is InChI=1S/C21H19Cl2N3O2/c1-28-17-10-4-14(5-11-17)18-3-2-12-25(18)19-13-24-26(21(27)20(19)23)16-8-6-15(22)7-9-16/h4-11,13,18H,2-3,12H2,1H3. The number of benzene rings is 2. The van der Waals surface area contributed by atoms with E-state index in [1.165, 1.54) is 4.68 Å². The van der Waals surface area contributed by atoms with Gasteiger partial charge >= 0.3 is 0 Å². The number of ether oxygens (including phenoxy) is 1. The molecule has 144 valence electrons. The van der Waals surface area contributed by atoms with Crippen molar-refractivity contribution in [3.63, 3.8) is 0 Å². The molecule has 3 aromatic rings. The maximum absolute atomic E-state index is 12.9. The van der Waals surface area contributed by atoms with Crippen LogP contribution in [0.2, 0.25) is 10.0 Å². The molecular formula is C21H19Cl2N3O2. The maximum Gasteiger partial charge on any atom is 0.292 e. The van der Waals surface area contributed by atoms with Crippen LogP contribution in [0.3, 0.4) is 0 Å². The molecule has 0 spiro atoms. The molecule has 1 atom stereocenters. The van der Waals surface area contributed by atoms with Crippen LogP contribution in [0.25, 0.3) is 5.69 Å². The lowest BCUT2D eigenvalue weighted by molar-refractivity contribution is 0.414. The zero-order chi connectivity index (χ0) is 19.7.